The van der Waals surface area contributed by atoms with Crippen molar-refractivity contribution in [1.82, 2.24) is 0 Å². The standard InChI is InChI=1S/C9H11BNO/c1-11(7-10)8-3-5-9(12-2)6-4-8/h3-7H,1-2H3. The van der Waals surface area contributed by atoms with Crippen molar-refractivity contribution in [2.45, 2.75) is 0 Å². The normalized spacial score (nSPS) is 9.08. The van der Waals surface area contributed by atoms with Gasteiger partial charge in [0, 0.05) is 0 Å². The zero-order chi connectivity index (χ0) is 8.97. The minimum atomic E-state index is 0.851. The Morgan fingerprint density at radius 2 is 1.92 bits per heavy atom. The van der Waals surface area contributed by atoms with Gasteiger partial charge in [0.05, 0.1) is 0 Å². The van der Waals surface area contributed by atoms with Crippen LogP contribution in [-0.2, 0) is 0 Å². The Labute approximate surface area is 73.8 Å². The Bertz CT molecular complexity index is 258. The molecule has 61 valence electrons. The topological polar surface area (TPSA) is 12.5 Å². The third-order valence-corrected chi connectivity index (χ3v) is 1.70. The van der Waals surface area contributed by atoms with Gasteiger partial charge in [0.1, 0.15) is 0 Å². The zero-order valence-electron chi connectivity index (χ0n) is 7.32. The van der Waals surface area contributed by atoms with Crippen LogP contribution in [0.15, 0.2) is 24.3 Å². The summed E-state index contributed by atoms with van der Waals surface area (Å²) in [5.74, 6) is 0.851. The Balaban J connectivity index is 2.84. The van der Waals surface area contributed by atoms with Gasteiger partial charge in [-0.2, -0.15) is 0 Å². The fourth-order valence-corrected chi connectivity index (χ4v) is 0.903. The van der Waals surface area contributed by atoms with Gasteiger partial charge in [0.15, 0.2) is 0 Å². The molecule has 12 heavy (non-hydrogen) atoms. The molecule has 0 amide bonds. The van der Waals surface area contributed by atoms with E-state index in [1.807, 2.05) is 36.2 Å². The molecule has 3 heteroatoms. The van der Waals surface area contributed by atoms with Gasteiger partial charge < -0.3 is 0 Å². The Kier molecular flexibility index (Phi) is 2.91. The van der Waals surface area contributed by atoms with Crippen LogP contribution in [0, 0.1) is 0 Å². The second kappa shape index (κ2) is 3.95. The van der Waals surface area contributed by atoms with Crippen LogP contribution in [-0.4, -0.2) is 27.7 Å². The van der Waals surface area contributed by atoms with Crippen LogP contribution in [0.1, 0.15) is 0 Å². The summed E-state index contributed by atoms with van der Waals surface area (Å²) in [6.45, 7) is 0. The summed E-state index contributed by atoms with van der Waals surface area (Å²) in [4.78, 5) is 1.83. The predicted octanol–water partition coefficient (Wildman–Crippen LogP) is 1.06. The first-order valence-electron chi connectivity index (χ1n) is 3.70. The SMILES string of the molecule is [B]=CN(C)c1ccc(OC)cc1. The molecule has 0 aromatic heterocycles. The molecule has 0 bridgehead atoms. The van der Waals surface area contributed by atoms with E-state index in [1.165, 1.54) is 6.09 Å². The summed E-state index contributed by atoms with van der Waals surface area (Å²) in [6, 6.07) is 7.69. The quantitative estimate of drug-likeness (QED) is 0.613. The van der Waals surface area contributed by atoms with E-state index in [0.717, 1.165) is 11.4 Å². The van der Waals surface area contributed by atoms with E-state index >= 15 is 0 Å². The third-order valence-electron chi connectivity index (χ3n) is 1.70. The summed E-state index contributed by atoms with van der Waals surface area (Å²) < 4.78 is 5.02. The maximum absolute atomic E-state index is 5.34. The second-order valence-electron chi connectivity index (χ2n) is 2.46. The Morgan fingerprint density at radius 3 is 2.33 bits per heavy atom. The van der Waals surface area contributed by atoms with Crippen LogP contribution in [0.4, 0.5) is 5.69 Å². The third kappa shape index (κ3) is 1.88. The van der Waals surface area contributed by atoms with E-state index in [0.29, 0.717) is 0 Å². The molecule has 2 nitrogen and oxygen atoms in total. The molecule has 0 saturated heterocycles. The van der Waals surface area contributed by atoms with E-state index in [9.17, 15) is 0 Å². The van der Waals surface area contributed by atoms with Crippen LogP contribution < -0.4 is 9.64 Å². The van der Waals surface area contributed by atoms with Crippen LogP contribution >= 0.6 is 0 Å². The summed E-state index contributed by atoms with van der Waals surface area (Å²) in [5.41, 5.74) is 1.04. The van der Waals surface area contributed by atoms with Crippen molar-refractivity contribution in [3.05, 3.63) is 24.3 Å². The van der Waals surface area contributed by atoms with Crippen LogP contribution in [0.25, 0.3) is 0 Å². The molecule has 1 radical (unpaired) electrons. The summed E-state index contributed by atoms with van der Waals surface area (Å²) in [6.07, 6.45) is 1.52. The summed E-state index contributed by atoms with van der Waals surface area (Å²) >= 11 is 0. The van der Waals surface area contributed by atoms with E-state index in [1.54, 1.807) is 7.11 Å². The molecule has 0 N–H and O–H groups in total. The van der Waals surface area contributed by atoms with E-state index in [2.05, 4.69) is 0 Å². The number of ether oxygens (including phenoxy) is 1. The van der Waals surface area contributed by atoms with Crippen molar-refractivity contribution < 1.29 is 4.74 Å². The molecule has 1 aromatic rings. The molecular formula is C9H11BNO. The van der Waals surface area contributed by atoms with Gasteiger partial charge in [-0.25, -0.2) is 0 Å². The van der Waals surface area contributed by atoms with Gasteiger partial charge in [-0.3, -0.25) is 0 Å². The Morgan fingerprint density at radius 1 is 1.33 bits per heavy atom. The molecule has 0 heterocycles. The minimum absolute atomic E-state index is 0.851. The number of methoxy groups -OCH3 is 1. The fraction of sp³-hybridized carbons (Fsp3) is 0.222. The second-order valence-corrected chi connectivity index (χ2v) is 2.46. The monoisotopic (exact) mass is 160 g/mol. The molecular weight excluding hydrogens is 149 g/mol. The molecule has 0 saturated carbocycles. The van der Waals surface area contributed by atoms with Crippen molar-refractivity contribution in [3.63, 3.8) is 0 Å². The fourth-order valence-electron chi connectivity index (χ4n) is 0.903. The van der Waals surface area contributed by atoms with Crippen LogP contribution in [0.2, 0.25) is 0 Å². The average Bonchev–Trinajstić information content (AvgIpc) is 2.17. The molecule has 0 atom stereocenters. The maximum atomic E-state index is 5.34. The predicted molar refractivity (Wildman–Crippen MR) is 53.2 cm³/mol. The molecule has 0 fully saturated rings. The first-order chi connectivity index (χ1) is 5.77. The van der Waals surface area contributed by atoms with Gasteiger partial charge in [-0.15, -0.1) is 0 Å². The number of rotatable bonds is 3. The summed E-state index contributed by atoms with van der Waals surface area (Å²) in [7, 11) is 8.88. The molecule has 0 aliphatic heterocycles. The number of anilines is 1. The first kappa shape index (κ1) is 8.85. The average molecular weight is 160 g/mol. The van der Waals surface area contributed by atoms with Crippen LogP contribution in [0.3, 0.4) is 0 Å². The van der Waals surface area contributed by atoms with Gasteiger partial charge in [0.2, 0.25) is 0 Å². The van der Waals surface area contributed by atoms with Crippen LogP contribution in [0.5, 0.6) is 5.75 Å². The molecule has 0 aliphatic rings. The van der Waals surface area contributed by atoms with Crippen molar-refractivity contribution in [2.75, 3.05) is 19.1 Å². The van der Waals surface area contributed by atoms with Gasteiger partial charge >= 0.3 is 73.1 Å². The molecule has 0 unspecified atom stereocenters. The van der Waals surface area contributed by atoms with Crippen molar-refractivity contribution in [2.24, 2.45) is 0 Å². The molecule has 1 aromatic carbocycles. The van der Waals surface area contributed by atoms with Gasteiger partial charge in [-0.1, -0.05) is 0 Å². The van der Waals surface area contributed by atoms with Gasteiger partial charge in [-0.05, 0) is 0 Å². The van der Waals surface area contributed by atoms with E-state index in [4.69, 9.17) is 12.2 Å². The Hall–Kier alpha value is -1.25. The number of benzene rings is 1. The molecule has 0 spiro atoms. The summed E-state index contributed by atoms with van der Waals surface area (Å²) in [5, 5.41) is 0. The first-order valence-corrected chi connectivity index (χ1v) is 3.70. The molecule has 0 aliphatic carbocycles. The van der Waals surface area contributed by atoms with Crippen molar-refractivity contribution in [3.8, 4) is 5.75 Å². The van der Waals surface area contributed by atoms with Gasteiger partial charge in [0.25, 0.3) is 0 Å². The number of hydrogen-bond acceptors (Lipinski definition) is 2. The number of nitrogens with zero attached hydrogens (tertiary/aromatic N) is 1. The van der Waals surface area contributed by atoms with Crippen molar-refractivity contribution in [1.29, 1.82) is 0 Å². The zero-order valence-corrected chi connectivity index (χ0v) is 7.32. The van der Waals surface area contributed by atoms with E-state index < -0.39 is 0 Å². The number of hydrogen-bond donors (Lipinski definition) is 0. The van der Waals surface area contributed by atoms with Crippen molar-refractivity contribution >= 4 is 19.3 Å². The van der Waals surface area contributed by atoms with E-state index in [-0.39, 0.29) is 0 Å². The molecule has 1 rings (SSSR count).